The molecule has 1 amide bonds. The number of fused-ring (bicyclic) bond motifs is 1. The normalized spacial score (nSPS) is 26.4. The molecule has 1 aromatic rings. The van der Waals surface area contributed by atoms with E-state index in [-0.39, 0.29) is 17.9 Å². The molecule has 0 saturated carbocycles. The van der Waals surface area contributed by atoms with Gasteiger partial charge in [0, 0.05) is 24.0 Å². The van der Waals surface area contributed by atoms with Crippen LogP contribution in [0.4, 0.5) is 0 Å². The Morgan fingerprint density at radius 1 is 1.60 bits per heavy atom. The van der Waals surface area contributed by atoms with Gasteiger partial charge in [0.25, 0.3) is 0 Å². The van der Waals surface area contributed by atoms with Crippen molar-refractivity contribution in [2.24, 2.45) is 5.92 Å². The molecular weight excluding hydrogens is 276 g/mol. The molecule has 2 atom stereocenters. The molecule has 2 unspecified atom stereocenters. The van der Waals surface area contributed by atoms with E-state index in [0.29, 0.717) is 4.88 Å². The summed E-state index contributed by atoms with van der Waals surface area (Å²) >= 11 is 1.33. The second-order valence-corrected chi connectivity index (χ2v) is 6.79. The Kier molecular flexibility index (Phi) is 3.52. The van der Waals surface area contributed by atoms with Gasteiger partial charge in [-0.15, -0.1) is 11.3 Å². The molecule has 0 spiro atoms. The third-order valence-electron chi connectivity index (χ3n) is 4.32. The number of nitrogens with zero attached hydrogens (tertiary/aromatic N) is 1. The van der Waals surface area contributed by atoms with Gasteiger partial charge >= 0.3 is 5.97 Å². The van der Waals surface area contributed by atoms with E-state index in [2.05, 4.69) is 10.2 Å². The third kappa shape index (κ3) is 2.33. The van der Waals surface area contributed by atoms with Gasteiger partial charge in [-0.05, 0) is 37.9 Å². The van der Waals surface area contributed by atoms with Gasteiger partial charge in [-0.1, -0.05) is 0 Å². The molecule has 2 saturated heterocycles. The fourth-order valence-electron chi connectivity index (χ4n) is 3.24. The largest absolute Gasteiger partial charge is 0.477 e. The smallest absolute Gasteiger partial charge is 0.345 e. The number of aryl methyl sites for hydroxylation is 1. The Morgan fingerprint density at radius 3 is 3.10 bits per heavy atom. The van der Waals surface area contributed by atoms with E-state index in [0.717, 1.165) is 42.9 Å². The maximum Gasteiger partial charge on any atom is 0.345 e. The van der Waals surface area contributed by atoms with Crippen LogP contribution in [0.1, 0.15) is 33.0 Å². The maximum absolute atomic E-state index is 11.8. The van der Waals surface area contributed by atoms with Crippen molar-refractivity contribution in [2.75, 3.05) is 13.1 Å². The summed E-state index contributed by atoms with van der Waals surface area (Å²) in [4.78, 5) is 26.6. The summed E-state index contributed by atoms with van der Waals surface area (Å²) in [5, 5.41) is 12.0. The number of hydrogen-bond donors (Lipinski definition) is 2. The van der Waals surface area contributed by atoms with Crippen molar-refractivity contribution < 1.29 is 14.7 Å². The highest BCUT2D eigenvalue weighted by Gasteiger charge is 2.40. The Bertz CT molecular complexity index is 555. The van der Waals surface area contributed by atoms with E-state index in [1.165, 1.54) is 11.3 Å². The van der Waals surface area contributed by atoms with Crippen LogP contribution in [0.5, 0.6) is 0 Å². The molecule has 0 aliphatic carbocycles. The fourth-order valence-corrected chi connectivity index (χ4v) is 4.11. The standard InChI is InChI=1S/C14H18N2O3S/c1-8-9(5-12(20-8)14(18)19)7-16-4-2-3-10-11(16)6-15-13(10)17/h5,10-11H,2-4,6-7H2,1H3,(H,15,17)(H,18,19). The van der Waals surface area contributed by atoms with Gasteiger partial charge < -0.3 is 10.4 Å². The number of carbonyl (C=O) groups excluding carboxylic acids is 1. The highest BCUT2D eigenvalue weighted by atomic mass is 32.1. The maximum atomic E-state index is 11.8. The Balaban J connectivity index is 1.77. The molecule has 3 rings (SSSR count). The van der Waals surface area contributed by atoms with Crippen molar-refractivity contribution in [3.63, 3.8) is 0 Å². The molecule has 6 heteroatoms. The monoisotopic (exact) mass is 294 g/mol. The van der Waals surface area contributed by atoms with E-state index < -0.39 is 5.97 Å². The molecule has 2 fully saturated rings. The Hall–Kier alpha value is -1.40. The van der Waals surface area contributed by atoms with Crippen LogP contribution in [-0.4, -0.2) is 41.0 Å². The average molecular weight is 294 g/mol. The predicted molar refractivity (Wildman–Crippen MR) is 75.9 cm³/mol. The highest BCUT2D eigenvalue weighted by Crippen LogP contribution is 2.30. The quantitative estimate of drug-likeness (QED) is 0.885. The average Bonchev–Trinajstić information content (AvgIpc) is 2.96. The number of rotatable bonds is 3. The summed E-state index contributed by atoms with van der Waals surface area (Å²) in [6.45, 7) is 4.41. The number of carboxylic acid groups (broad SMARTS) is 1. The van der Waals surface area contributed by atoms with E-state index >= 15 is 0 Å². The molecular formula is C14H18N2O3S. The molecule has 1 aromatic heterocycles. The van der Waals surface area contributed by atoms with Crippen molar-refractivity contribution in [2.45, 2.75) is 32.4 Å². The summed E-state index contributed by atoms with van der Waals surface area (Å²) in [6.07, 6.45) is 2.00. The van der Waals surface area contributed by atoms with Crippen LogP contribution in [0.15, 0.2) is 6.07 Å². The molecule has 0 bridgehead atoms. The topological polar surface area (TPSA) is 69.6 Å². The number of aromatic carboxylic acids is 1. The fraction of sp³-hybridized carbons (Fsp3) is 0.571. The van der Waals surface area contributed by atoms with Crippen molar-refractivity contribution in [3.05, 3.63) is 21.4 Å². The number of carbonyl (C=O) groups is 2. The van der Waals surface area contributed by atoms with Crippen LogP contribution in [-0.2, 0) is 11.3 Å². The Labute approximate surface area is 121 Å². The number of nitrogens with one attached hydrogen (secondary N) is 1. The van der Waals surface area contributed by atoms with Gasteiger partial charge in [-0.2, -0.15) is 0 Å². The summed E-state index contributed by atoms with van der Waals surface area (Å²) in [6, 6.07) is 2.04. The Morgan fingerprint density at radius 2 is 2.40 bits per heavy atom. The molecule has 2 N–H and O–H groups in total. The van der Waals surface area contributed by atoms with Crippen LogP contribution < -0.4 is 5.32 Å². The first kappa shape index (κ1) is 13.6. The summed E-state index contributed by atoms with van der Waals surface area (Å²) in [5.41, 5.74) is 1.08. The molecule has 20 heavy (non-hydrogen) atoms. The zero-order chi connectivity index (χ0) is 14.3. The van der Waals surface area contributed by atoms with Crippen molar-refractivity contribution in [1.29, 1.82) is 0 Å². The van der Waals surface area contributed by atoms with Gasteiger partial charge in [-0.3, -0.25) is 9.69 Å². The zero-order valence-electron chi connectivity index (χ0n) is 11.4. The number of piperidine rings is 1. The van der Waals surface area contributed by atoms with E-state index in [9.17, 15) is 9.59 Å². The number of likely N-dealkylation sites (tertiary alicyclic amines) is 1. The minimum atomic E-state index is -0.862. The zero-order valence-corrected chi connectivity index (χ0v) is 12.2. The van der Waals surface area contributed by atoms with Gasteiger partial charge in [0.1, 0.15) is 4.88 Å². The van der Waals surface area contributed by atoms with Crippen LogP contribution in [0.2, 0.25) is 0 Å². The first-order valence-corrected chi connectivity index (χ1v) is 7.72. The predicted octanol–water partition coefficient (Wildman–Crippen LogP) is 1.47. The van der Waals surface area contributed by atoms with Gasteiger partial charge in [-0.25, -0.2) is 4.79 Å². The second-order valence-electron chi connectivity index (χ2n) is 5.53. The number of carboxylic acids is 1. The molecule has 108 valence electrons. The molecule has 5 nitrogen and oxygen atoms in total. The van der Waals surface area contributed by atoms with Crippen molar-refractivity contribution >= 4 is 23.2 Å². The first-order chi connectivity index (χ1) is 9.56. The number of hydrogen-bond acceptors (Lipinski definition) is 4. The minimum absolute atomic E-state index is 0.113. The number of amides is 1. The summed E-state index contributed by atoms with van der Waals surface area (Å²) in [5.74, 6) is -0.576. The van der Waals surface area contributed by atoms with Crippen LogP contribution in [0, 0.1) is 12.8 Å². The minimum Gasteiger partial charge on any atom is -0.477 e. The van der Waals surface area contributed by atoms with Crippen molar-refractivity contribution in [3.8, 4) is 0 Å². The molecule has 3 heterocycles. The van der Waals surface area contributed by atoms with Crippen molar-refractivity contribution in [1.82, 2.24) is 10.2 Å². The lowest BCUT2D eigenvalue weighted by Gasteiger charge is -2.35. The van der Waals surface area contributed by atoms with E-state index in [1.807, 2.05) is 6.92 Å². The van der Waals surface area contributed by atoms with Gasteiger partial charge in [0.05, 0.1) is 5.92 Å². The third-order valence-corrected chi connectivity index (χ3v) is 5.40. The molecule has 2 aliphatic rings. The van der Waals surface area contributed by atoms with E-state index in [1.54, 1.807) is 6.07 Å². The number of thiophene rings is 1. The second kappa shape index (κ2) is 5.18. The van der Waals surface area contributed by atoms with E-state index in [4.69, 9.17) is 5.11 Å². The summed E-state index contributed by atoms with van der Waals surface area (Å²) < 4.78 is 0. The van der Waals surface area contributed by atoms with Crippen LogP contribution in [0.25, 0.3) is 0 Å². The lowest BCUT2D eigenvalue weighted by molar-refractivity contribution is -0.124. The molecule has 0 aromatic carbocycles. The molecule has 0 radical (unpaired) electrons. The first-order valence-electron chi connectivity index (χ1n) is 6.90. The lowest BCUT2D eigenvalue weighted by atomic mass is 9.91. The lowest BCUT2D eigenvalue weighted by Crippen LogP contribution is -2.44. The molecule has 2 aliphatic heterocycles. The van der Waals surface area contributed by atoms with Gasteiger partial charge in [0.2, 0.25) is 5.91 Å². The van der Waals surface area contributed by atoms with Crippen LogP contribution in [0.3, 0.4) is 0 Å². The van der Waals surface area contributed by atoms with Crippen LogP contribution >= 0.6 is 11.3 Å². The highest BCUT2D eigenvalue weighted by molar-refractivity contribution is 7.14. The van der Waals surface area contributed by atoms with Gasteiger partial charge in [0.15, 0.2) is 0 Å². The SMILES string of the molecule is Cc1sc(C(=O)O)cc1CN1CCCC2C(=O)NCC21. The summed E-state index contributed by atoms with van der Waals surface area (Å²) in [7, 11) is 0.